The lowest BCUT2D eigenvalue weighted by Crippen LogP contribution is -1.90. The maximum atomic E-state index is 5.19. The van der Waals surface area contributed by atoms with Gasteiger partial charge in [-0.25, -0.2) is 9.97 Å². The van der Waals surface area contributed by atoms with Gasteiger partial charge in [-0.2, -0.15) is 4.98 Å². The molecule has 3 rings (SSSR count). The highest BCUT2D eigenvalue weighted by atomic mass is 16.5. The molecular formula is C13H10N4O. The molecule has 0 aliphatic heterocycles. The van der Waals surface area contributed by atoms with E-state index in [-0.39, 0.29) is 0 Å². The summed E-state index contributed by atoms with van der Waals surface area (Å²) >= 11 is 0. The maximum Gasteiger partial charge on any atom is 0.258 e. The summed E-state index contributed by atoms with van der Waals surface area (Å²) in [5, 5.41) is 3.88. The van der Waals surface area contributed by atoms with Gasteiger partial charge in [-0.3, -0.25) is 0 Å². The Kier molecular flexibility index (Phi) is 2.57. The highest BCUT2D eigenvalue weighted by Gasteiger charge is 2.11. The monoisotopic (exact) mass is 238 g/mol. The molecule has 0 saturated carbocycles. The third kappa shape index (κ3) is 1.98. The number of benzene rings is 1. The molecule has 5 nitrogen and oxygen atoms in total. The lowest BCUT2D eigenvalue weighted by atomic mass is 10.2. The van der Waals surface area contributed by atoms with E-state index in [1.165, 1.54) is 0 Å². The fourth-order valence-electron chi connectivity index (χ4n) is 1.52. The quantitative estimate of drug-likeness (QED) is 0.686. The van der Waals surface area contributed by atoms with Crippen LogP contribution in [0.25, 0.3) is 23.1 Å². The summed E-state index contributed by atoms with van der Waals surface area (Å²) in [6.07, 6.45) is 3.45. The average molecular weight is 238 g/mol. The molecule has 0 aliphatic carbocycles. The summed E-state index contributed by atoms with van der Waals surface area (Å²) in [5.41, 5.74) is 1.87. The van der Waals surface area contributed by atoms with Crippen molar-refractivity contribution in [3.05, 3.63) is 48.3 Å². The average Bonchev–Trinajstić information content (AvgIpc) is 2.90. The van der Waals surface area contributed by atoms with Gasteiger partial charge in [0.25, 0.3) is 5.89 Å². The Bertz CT molecular complexity index is 646. The number of rotatable bonds is 2. The zero-order valence-electron chi connectivity index (χ0n) is 9.74. The van der Waals surface area contributed by atoms with E-state index in [0.29, 0.717) is 17.5 Å². The molecular weight excluding hydrogens is 228 g/mol. The molecule has 5 heteroatoms. The molecule has 0 aliphatic rings. The van der Waals surface area contributed by atoms with Crippen molar-refractivity contribution >= 4 is 0 Å². The molecule has 2 aromatic heterocycles. The molecule has 88 valence electrons. The molecule has 0 amide bonds. The molecule has 0 atom stereocenters. The van der Waals surface area contributed by atoms with Crippen LogP contribution in [0.3, 0.4) is 0 Å². The van der Waals surface area contributed by atoms with Gasteiger partial charge < -0.3 is 4.52 Å². The van der Waals surface area contributed by atoms with E-state index in [4.69, 9.17) is 4.52 Å². The summed E-state index contributed by atoms with van der Waals surface area (Å²) < 4.78 is 5.19. The van der Waals surface area contributed by atoms with Crippen molar-refractivity contribution in [2.45, 2.75) is 6.92 Å². The number of hydrogen-bond donors (Lipinski definition) is 0. The van der Waals surface area contributed by atoms with Gasteiger partial charge in [-0.05, 0) is 24.6 Å². The SMILES string of the molecule is Cc1cnc(-c2noc(-c3ccccc3)n2)nc1. The minimum atomic E-state index is 0.397. The van der Waals surface area contributed by atoms with Crippen molar-refractivity contribution in [1.29, 1.82) is 0 Å². The summed E-state index contributed by atoms with van der Waals surface area (Å²) in [6, 6.07) is 9.59. The van der Waals surface area contributed by atoms with Gasteiger partial charge in [-0.1, -0.05) is 23.4 Å². The molecule has 3 aromatic rings. The molecule has 0 spiro atoms. The minimum Gasteiger partial charge on any atom is -0.334 e. The van der Waals surface area contributed by atoms with Crippen LogP contribution in [0.4, 0.5) is 0 Å². The standard InChI is InChI=1S/C13H10N4O/c1-9-7-14-11(15-8-9)12-16-13(18-17-12)10-5-3-2-4-6-10/h2-8H,1H3. The van der Waals surface area contributed by atoms with Crippen LogP contribution in [-0.2, 0) is 0 Å². The second kappa shape index (κ2) is 4.37. The molecule has 1 aromatic carbocycles. The van der Waals surface area contributed by atoms with Crippen LogP contribution in [0.15, 0.2) is 47.2 Å². The summed E-state index contributed by atoms with van der Waals surface area (Å²) in [7, 11) is 0. The largest absolute Gasteiger partial charge is 0.334 e. The van der Waals surface area contributed by atoms with Crippen molar-refractivity contribution in [1.82, 2.24) is 20.1 Å². The van der Waals surface area contributed by atoms with Crippen LogP contribution in [0.2, 0.25) is 0 Å². The number of nitrogens with zero attached hydrogens (tertiary/aromatic N) is 4. The number of aromatic nitrogens is 4. The van der Waals surface area contributed by atoms with Gasteiger partial charge in [0.2, 0.25) is 11.6 Å². The van der Waals surface area contributed by atoms with Crippen LogP contribution in [0.1, 0.15) is 5.56 Å². The second-order valence-electron chi connectivity index (χ2n) is 3.87. The number of hydrogen-bond acceptors (Lipinski definition) is 5. The van der Waals surface area contributed by atoms with Crippen LogP contribution in [0, 0.1) is 6.92 Å². The molecule has 0 fully saturated rings. The maximum absolute atomic E-state index is 5.19. The van der Waals surface area contributed by atoms with Crippen LogP contribution in [-0.4, -0.2) is 20.1 Å². The topological polar surface area (TPSA) is 64.7 Å². The summed E-state index contributed by atoms with van der Waals surface area (Å²) in [4.78, 5) is 12.6. The zero-order chi connectivity index (χ0) is 12.4. The highest BCUT2D eigenvalue weighted by Crippen LogP contribution is 2.19. The van der Waals surface area contributed by atoms with E-state index < -0.39 is 0 Å². The lowest BCUT2D eigenvalue weighted by Gasteiger charge is -1.92. The van der Waals surface area contributed by atoms with Crippen molar-refractivity contribution < 1.29 is 4.52 Å². The van der Waals surface area contributed by atoms with Crippen molar-refractivity contribution in [3.63, 3.8) is 0 Å². The number of aryl methyl sites for hydroxylation is 1. The summed E-state index contributed by atoms with van der Waals surface area (Å²) in [5.74, 6) is 1.33. The zero-order valence-corrected chi connectivity index (χ0v) is 9.74. The smallest absolute Gasteiger partial charge is 0.258 e. The van der Waals surface area contributed by atoms with E-state index >= 15 is 0 Å². The summed E-state index contributed by atoms with van der Waals surface area (Å²) in [6.45, 7) is 1.93. The Balaban J connectivity index is 1.97. The van der Waals surface area contributed by atoms with Crippen LogP contribution >= 0.6 is 0 Å². The predicted octanol–water partition coefficient (Wildman–Crippen LogP) is 2.50. The second-order valence-corrected chi connectivity index (χ2v) is 3.87. The first kappa shape index (κ1) is 10.6. The minimum absolute atomic E-state index is 0.397. The molecule has 18 heavy (non-hydrogen) atoms. The van der Waals surface area contributed by atoms with Gasteiger partial charge >= 0.3 is 0 Å². The Hall–Kier alpha value is -2.56. The van der Waals surface area contributed by atoms with Gasteiger partial charge in [-0.15, -0.1) is 0 Å². The predicted molar refractivity (Wildman–Crippen MR) is 65.5 cm³/mol. The fourth-order valence-corrected chi connectivity index (χ4v) is 1.52. The molecule has 0 bridgehead atoms. The van der Waals surface area contributed by atoms with Crippen LogP contribution in [0.5, 0.6) is 0 Å². The van der Waals surface area contributed by atoms with E-state index in [1.807, 2.05) is 37.3 Å². The normalized spacial score (nSPS) is 10.5. The van der Waals surface area contributed by atoms with Crippen molar-refractivity contribution in [2.24, 2.45) is 0 Å². The van der Waals surface area contributed by atoms with Gasteiger partial charge in [0.05, 0.1) is 0 Å². The van der Waals surface area contributed by atoms with E-state index in [1.54, 1.807) is 12.4 Å². The molecule has 0 radical (unpaired) electrons. The van der Waals surface area contributed by atoms with E-state index in [2.05, 4.69) is 20.1 Å². The Labute approximate surface area is 104 Å². The van der Waals surface area contributed by atoms with Gasteiger partial charge in [0.1, 0.15) is 0 Å². The Morgan fingerprint density at radius 2 is 1.67 bits per heavy atom. The molecule has 0 unspecified atom stereocenters. The van der Waals surface area contributed by atoms with E-state index in [0.717, 1.165) is 11.1 Å². The fraction of sp³-hybridized carbons (Fsp3) is 0.0769. The molecule has 0 saturated heterocycles. The first-order valence-corrected chi connectivity index (χ1v) is 5.51. The van der Waals surface area contributed by atoms with E-state index in [9.17, 15) is 0 Å². The Morgan fingerprint density at radius 3 is 2.39 bits per heavy atom. The van der Waals surface area contributed by atoms with Crippen molar-refractivity contribution in [3.8, 4) is 23.1 Å². The first-order valence-electron chi connectivity index (χ1n) is 5.51. The third-order valence-corrected chi connectivity index (χ3v) is 2.43. The lowest BCUT2D eigenvalue weighted by molar-refractivity contribution is 0.432. The Morgan fingerprint density at radius 1 is 0.944 bits per heavy atom. The third-order valence-electron chi connectivity index (χ3n) is 2.43. The molecule has 2 heterocycles. The first-order chi connectivity index (χ1) is 8.83. The van der Waals surface area contributed by atoms with Crippen molar-refractivity contribution in [2.75, 3.05) is 0 Å². The van der Waals surface area contributed by atoms with Gasteiger partial charge in [0.15, 0.2) is 0 Å². The van der Waals surface area contributed by atoms with Crippen LogP contribution < -0.4 is 0 Å². The molecule has 0 N–H and O–H groups in total. The van der Waals surface area contributed by atoms with Gasteiger partial charge in [0, 0.05) is 18.0 Å². The highest BCUT2D eigenvalue weighted by molar-refractivity contribution is 5.55.